The Kier molecular flexibility index (Phi) is 8.24. The highest BCUT2D eigenvalue weighted by molar-refractivity contribution is 5.99. The molecule has 2 heterocycles. The zero-order valence-electron chi connectivity index (χ0n) is 18.9. The smallest absolute Gasteiger partial charge is 0.349 e. The summed E-state index contributed by atoms with van der Waals surface area (Å²) in [6.07, 6.45) is 2.47. The minimum absolute atomic E-state index is 0.0612. The van der Waals surface area contributed by atoms with E-state index in [4.69, 9.17) is 9.47 Å². The molecule has 0 aliphatic carbocycles. The highest BCUT2D eigenvalue weighted by Crippen LogP contribution is 2.20. The number of esters is 1. The van der Waals surface area contributed by atoms with E-state index in [1.165, 1.54) is 0 Å². The number of carbonyl (C=O) groups excluding carboxylic acids is 2. The summed E-state index contributed by atoms with van der Waals surface area (Å²) in [6.45, 7) is 13.6. The lowest BCUT2D eigenvalue weighted by molar-refractivity contribution is -0.154. The summed E-state index contributed by atoms with van der Waals surface area (Å²) < 4.78 is 12.9. The van der Waals surface area contributed by atoms with E-state index in [9.17, 15) is 14.9 Å². The molecule has 1 aromatic heterocycles. The molecule has 0 bridgehead atoms. The topological polar surface area (TPSA) is 84.6 Å². The van der Waals surface area contributed by atoms with Gasteiger partial charge in [-0.15, -0.1) is 0 Å². The Morgan fingerprint density at radius 1 is 1.30 bits per heavy atom. The van der Waals surface area contributed by atoms with Crippen molar-refractivity contribution in [2.45, 2.75) is 66.7 Å². The number of amides is 1. The van der Waals surface area contributed by atoms with Crippen LogP contribution in [0.1, 0.15) is 51.1 Å². The summed E-state index contributed by atoms with van der Waals surface area (Å²) in [5.41, 5.74) is 2.78. The molecule has 7 heteroatoms. The molecule has 1 aliphatic heterocycles. The number of hydrogen-bond donors (Lipinski definition) is 0. The minimum Gasteiger partial charge on any atom is -0.451 e. The highest BCUT2D eigenvalue weighted by atomic mass is 16.5. The summed E-state index contributed by atoms with van der Waals surface area (Å²) in [4.78, 5) is 26.4. The Morgan fingerprint density at radius 3 is 2.50 bits per heavy atom. The lowest BCUT2D eigenvalue weighted by atomic mass is 10.1. The summed E-state index contributed by atoms with van der Waals surface area (Å²) in [7, 11) is 0. The maximum Gasteiger partial charge on any atom is 0.349 e. The van der Waals surface area contributed by atoms with Crippen LogP contribution in [-0.2, 0) is 25.6 Å². The molecule has 1 amide bonds. The van der Waals surface area contributed by atoms with Crippen LogP contribution in [-0.4, -0.2) is 53.2 Å². The lowest BCUT2D eigenvalue weighted by Crippen LogP contribution is -2.49. The van der Waals surface area contributed by atoms with Gasteiger partial charge in [-0.3, -0.25) is 4.79 Å². The van der Waals surface area contributed by atoms with Crippen molar-refractivity contribution in [3.63, 3.8) is 0 Å². The molecule has 0 unspecified atom stereocenters. The third-order valence-electron chi connectivity index (χ3n) is 5.28. The van der Waals surface area contributed by atoms with Crippen molar-refractivity contribution in [1.29, 1.82) is 5.26 Å². The van der Waals surface area contributed by atoms with Gasteiger partial charge >= 0.3 is 5.97 Å². The van der Waals surface area contributed by atoms with E-state index in [1.54, 1.807) is 11.0 Å². The molecule has 1 saturated heterocycles. The summed E-state index contributed by atoms with van der Waals surface area (Å²) in [6, 6.07) is 3.87. The van der Waals surface area contributed by atoms with Gasteiger partial charge in [0.05, 0.1) is 12.2 Å². The van der Waals surface area contributed by atoms with Gasteiger partial charge < -0.3 is 18.9 Å². The molecule has 7 nitrogen and oxygen atoms in total. The van der Waals surface area contributed by atoms with Gasteiger partial charge in [0.1, 0.15) is 11.6 Å². The van der Waals surface area contributed by atoms with E-state index in [1.807, 2.05) is 39.8 Å². The van der Waals surface area contributed by atoms with Gasteiger partial charge in [0.15, 0.2) is 6.61 Å². The van der Waals surface area contributed by atoms with Crippen molar-refractivity contribution in [1.82, 2.24) is 9.47 Å². The second-order valence-corrected chi connectivity index (χ2v) is 8.46. The average molecular weight is 416 g/mol. The monoisotopic (exact) mass is 415 g/mol. The minimum atomic E-state index is -0.785. The summed E-state index contributed by atoms with van der Waals surface area (Å²) >= 11 is 0. The molecular weight excluding hydrogens is 382 g/mol. The molecule has 0 radical (unpaired) electrons. The van der Waals surface area contributed by atoms with E-state index in [0.29, 0.717) is 19.0 Å². The number of morpholine rings is 1. The van der Waals surface area contributed by atoms with Crippen LogP contribution < -0.4 is 0 Å². The van der Waals surface area contributed by atoms with E-state index in [0.717, 1.165) is 29.9 Å². The van der Waals surface area contributed by atoms with Crippen LogP contribution in [0.15, 0.2) is 11.6 Å². The molecule has 1 aromatic rings. The van der Waals surface area contributed by atoms with Crippen LogP contribution in [0.4, 0.5) is 0 Å². The predicted octanol–water partition coefficient (Wildman–Crippen LogP) is 3.24. The molecule has 164 valence electrons. The van der Waals surface area contributed by atoms with Crippen LogP contribution in [0, 0.1) is 31.1 Å². The third-order valence-corrected chi connectivity index (χ3v) is 5.28. The second kappa shape index (κ2) is 10.4. The van der Waals surface area contributed by atoms with Crippen molar-refractivity contribution in [2.24, 2.45) is 5.92 Å². The van der Waals surface area contributed by atoms with Crippen molar-refractivity contribution >= 4 is 18.0 Å². The number of nitrogens with zero attached hydrogens (tertiary/aromatic N) is 3. The lowest BCUT2D eigenvalue weighted by Gasteiger charge is -2.35. The first-order valence-electron chi connectivity index (χ1n) is 10.5. The maximum absolute atomic E-state index is 12.4. The highest BCUT2D eigenvalue weighted by Gasteiger charge is 2.26. The Labute approximate surface area is 179 Å². The number of aryl methyl sites for hydroxylation is 1. The van der Waals surface area contributed by atoms with Gasteiger partial charge in [0.2, 0.25) is 0 Å². The first-order chi connectivity index (χ1) is 14.1. The van der Waals surface area contributed by atoms with E-state index in [2.05, 4.69) is 18.4 Å². The average Bonchev–Trinajstić information content (AvgIpc) is 2.94. The Bertz CT molecular complexity index is 837. The normalized spacial score (nSPS) is 19.7. The molecular formula is C23H33N3O4. The molecule has 1 fully saturated rings. The fraction of sp³-hybridized carbons (Fsp3) is 0.609. The van der Waals surface area contributed by atoms with Crippen molar-refractivity contribution in [3.05, 3.63) is 28.6 Å². The Morgan fingerprint density at radius 2 is 1.93 bits per heavy atom. The van der Waals surface area contributed by atoms with Crippen molar-refractivity contribution in [2.75, 3.05) is 19.7 Å². The zero-order chi connectivity index (χ0) is 22.4. The molecule has 0 N–H and O–H groups in total. The Balaban J connectivity index is 2.04. The van der Waals surface area contributed by atoms with E-state index >= 15 is 0 Å². The SMILES string of the molecule is Cc1cc(/C=C(\C#N)C(=O)OCC(=O)N2C[C@@H](C)O[C@H](C)C2)c(C)n1CCC(C)C. The molecule has 1 aliphatic rings. The number of hydrogen-bond acceptors (Lipinski definition) is 5. The van der Waals surface area contributed by atoms with Crippen LogP contribution >= 0.6 is 0 Å². The van der Waals surface area contributed by atoms with Crippen molar-refractivity contribution < 1.29 is 19.1 Å². The predicted molar refractivity (Wildman–Crippen MR) is 114 cm³/mol. The second-order valence-electron chi connectivity index (χ2n) is 8.46. The Hall–Kier alpha value is -2.59. The maximum atomic E-state index is 12.4. The first kappa shape index (κ1) is 23.7. The van der Waals surface area contributed by atoms with Crippen molar-refractivity contribution in [3.8, 4) is 6.07 Å². The number of rotatable bonds is 7. The molecule has 30 heavy (non-hydrogen) atoms. The van der Waals surface area contributed by atoms with Gasteiger partial charge in [0.25, 0.3) is 5.91 Å². The van der Waals surface area contributed by atoms with Gasteiger partial charge in [-0.05, 0) is 57.7 Å². The van der Waals surface area contributed by atoms with Gasteiger partial charge in [-0.25, -0.2) is 4.79 Å². The number of aromatic nitrogens is 1. The van der Waals surface area contributed by atoms with Gasteiger partial charge in [-0.2, -0.15) is 5.26 Å². The molecule has 2 rings (SSSR count). The fourth-order valence-electron chi connectivity index (χ4n) is 3.68. The molecule has 0 aromatic carbocycles. The van der Waals surface area contributed by atoms with E-state index < -0.39 is 5.97 Å². The zero-order valence-corrected chi connectivity index (χ0v) is 18.9. The third kappa shape index (κ3) is 6.20. The number of nitriles is 1. The largest absolute Gasteiger partial charge is 0.451 e. The first-order valence-corrected chi connectivity index (χ1v) is 10.5. The molecule has 2 atom stereocenters. The number of ether oxygens (including phenoxy) is 2. The quantitative estimate of drug-likeness (QED) is 0.388. The summed E-state index contributed by atoms with van der Waals surface area (Å²) in [5.74, 6) is -0.480. The van der Waals surface area contributed by atoms with E-state index in [-0.39, 0.29) is 30.3 Å². The van der Waals surface area contributed by atoms with Crippen LogP contribution in [0.5, 0.6) is 0 Å². The standard InChI is InChI=1S/C23H33N3O4/c1-15(2)7-8-26-16(3)9-20(19(26)6)10-21(11-24)23(28)29-14-22(27)25-12-17(4)30-18(5)13-25/h9-10,15,17-18H,7-8,12-14H2,1-6H3/b21-10+/t17-,18-/m1/s1. The molecule has 0 saturated carbocycles. The fourth-order valence-corrected chi connectivity index (χ4v) is 3.68. The van der Waals surface area contributed by atoms with Crippen LogP contribution in [0.2, 0.25) is 0 Å². The molecule has 0 spiro atoms. The van der Waals surface area contributed by atoms with Gasteiger partial charge in [-0.1, -0.05) is 13.8 Å². The summed E-state index contributed by atoms with van der Waals surface area (Å²) in [5, 5.41) is 9.45. The van der Waals surface area contributed by atoms with Gasteiger partial charge in [0, 0.05) is 31.0 Å². The van der Waals surface area contributed by atoms with Crippen LogP contribution in [0.3, 0.4) is 0 Å². The number of carbonyl (C=O) groups is 2. The van der Waals surface area contributed by atoms with Crippen LogP contribution in [0.25, 0.3) is 6.08 Å².